The molecular weight excluding hydrogens is 380 g/mol. The van der Waals surface area contributed by atoms with Crippen molar-refractivity contribution in [2.24, 2.45) is 5.92 Å². The molecule has 0 radical (unpaired) electrons. The zero-order valence-electron chi connectivity index (χ0n) is 16.0. The lowest BCUT2D eigenvalue weighted by Gasteiger charge is -2.34. The highest BCUT2D eigenvalue weighted by Crippen LogP contribution is 2.27. The molecule has 8 heteroatoms. The maximum Gasteiger partial charge on any atom is 0.253 e. The second-order valence-electron chi connectivity index (χ2n) is 7.87. The van der Waals surface area contributed by atoms with Gasteiger partial charge in [0.1, 0.15) is 0 Å². The SMILES string of the molecule is O=C(c1cccc(S(=O)(=O)NC2CCCC2)c1)N1CCC(C2OCCO2)CC1. The molecule has 1 aromatic rings. The first kappa shape index (κ1) is 19.8. The number of hydrogen-bond acceptors (Lipinski definition) is 5. The van der Waals surface area contributed by atoms with Crippen LogP contribution in [-0.2, 0) is 19.5 Å². The number of rotatable bonds is 5. The third kappa shape index (κ3) is 4.40. The van der Waals surface area contributed by atoms with Crippen LogP contribution in [0.25, 0.3) is 0 Å². The average molecular weight is 409 g/mol. The van der Waals surface area contributed by atoms with Gasteiger partial charge in [-0.05, 0) is 43.9 Å². The molecule has 1 saturated carbocycles. The third-order valence-corrected chi connectivity index (χ3v) is 7.45. The molecule has 1 N–H and O–H groups in total. The van der Waals surface area contributed by atoms with Crippen LogP contribution in [0.3, 0.4) is 0 Å². The van der Waals surface area contributed by atoms with Crippen LogP contribution in [0.15, 0.2) is 29.2 Å². The van der Waals surface area contributed by atoms with E-state index in [0.29, 0.717) is 37.8 Å². The molecule has 0 bridgehead atoms. The normalized spacial score (nSPS) is 22.8. The first-order chi connectivity index (χ1) is 13.5. The van der Waals surface area contributed by atoms with Gasteiger partial charge in [0.05, 0.1) is 18.1 Å². The molecular formula is C20H28N2O5S. The Balaban J connectivity index is 1.40. The topological polar surface area (TPSA) is 84.9 Å². The molecule has 7 nitrogen and oxygen atoms in total. The molecule has 154 valence electrons. The van der Waals surface area contributed by atoms with Crippen LogP contribution in [0.5, 0.6) is 0 Å². The lowest BCUT2D eigenvalue weighted by atomic mass is 9.95. The lowest BCUT2D eigenvalue weighted by molar-refractivity contribution is -0.0956. The van der Waals surface area contributed by atoms with E-state index in [0.717, 1.165) is 38.5 Å². The molecule has 0 aromatic heterocycles. The number of nitrogens with one attached hydrogen (secondary N) is 1. The predicted molar refractivity (Wildman–Crippen MR) is 103 cm³/mol. The van der Waals surface area contributed by atoms with Gasteiger partial charge in [-0.1, -0.05) is 18.9 Å². The molecule has 2 aliphatic heterocycles. The zero-order valence-corrected chi connectivity index (χ0v) is 16.8. The monoisotopic (exact) mass is 408 g/mol. The van der Waals surface area contributed by atoms with Crippen LogP contribution in [0.2, 0.25) is 0 Å². The summed E-state index contributed by atoms with van der Waals surface area (Å²) in [4.78, 5) is 14.9. The fraction of sp³-hybridized carbons (Fsp3) is 0.650. The van der Waals surface area contributed by atoms with Gasteiger partial charge in [0.15, 0.2) is 6.29 Å². The smallest absolute Gasteiger partial charge is 0.253 e. The van der Waals surface area contributed by atoms with E-state index in [4.69, 9.17) is 9.47 Å². The minimum absolute atomic E-state index is 0.00316. The van der Waals surface area contributed by atoms with Gasteiger partial charge in [0.25, 0.3) is 5.91 Å². The van der Waals surface area contributed by atoms with E-state index in [1.165, 1.54) is 6.07 Å². The Kier molecular flexibility index (Phi) is 6.01. The summed E-state index contributed by atoms with van der Waals surface area (Å²) >= 11 is 0. The standard InChI is InChI=1S/C20H28N2O5S/c23-19(22-10-8-15(9-11-22)20-26-12-13-27-20)16-4-3-7-18(14-16)28(24,25)21-17-5-1-2-6-17/h3-4,7,14-15,17,20-21H,1-2,5-6,8-13H2. The van der Waals surface area contributed by atoms with Crippen molar-refractivity contribution >= 4 is 15.9 Å². The second-order valence-corrected chi connectivity index (χ2v) is 9.58. The van der Waals surface area contributed by atoms with Crippen LogP contribution >= 0.6 is 0 Å². The fourth-order valence-corrected chi connectivity index (χ4v) is 5.68. The first-order valence-electron chi connectivity index (χ1n) is 10.2. The summed E-state index contributed by atoms with van der Waals surface area (Å²) in [5, 5.41) is 0. The number of likely N-dealkylation sites (tertiary alicyclic amines) is 1. The number of benzene rings is 1. The van der Waals surface area contributed by atoms with Gasteiger partial charge >= 0.3 is 0 Å². The average Bonchev–Trinajstić information content (AvgIpc) is 3.41. The van der Waals surface area contributed by atoms with E-state index in [-0.39, 0.29) is 23.1 Å². The number of nitrogens with zero attached hydrogens (tertiary/aromatic N) is 1. The van der Waals surface area contributed by atoms with Gasteiger partial charge < -0.3 is 14.4 Å². The zero-order chi connectivity index (χ0) is 19.6. The number of carbonyl (C=O) groups is 1. The summed E-state index contributed by atoms with van der Waals surface area (Å²) in [5.74, 6) is 0.193. The van der Waals surface area contributed by atoms with Crippen LogP contribution in [0, 0.1) is 5.92 Å². The number of sulfonamides is 1. The van der Waals surface area contributed by atoms with Crippen LogP contribution in [0.1, 0.15) is 48.9 Å². The number of piperidine rings is 1. The molecule has 0 unspecified atom stereocenters. The summed E-state index contributed by atoms with van der Waals surface area (Å²) in [6.45, 7) is 2.54. The van der Waals surface area contributed by atoms with Crippen molar-refractivity contribution in [2.75, 3.05) is 26.3 Å². The highest BCUT2D eigenvalue weighted by atomic mass is 32.2. The highest BCUT2D eigenvalue weighted by Gasteiger charge is 2.32. The van der Waals surface area contributed by atoms with Gasteiger partial charge in [0, 0.05) is 30.6 Å². The van der Waals surface area contributed by atoms with Crippen molar-refractivity contribution in [3.8, 4) is 0 Å². The third-order valence-electron chi connectivity index (χ3n) is 5.93. The number of amides is 1. The maximum absolute atomic E-state index is 12.9. The van der Waals surface area contributed by atoms with Gasteiger partial charge in [0.2, 0.25) is 10.0 Å². The summed E-state index contributed by atoms with van der Waals surface area (Å²) in [6.07, 6.45) is 5.38. The van der Waals surface area contributed by atoms with Crippen molar-refractivity contribution in [2.45, 2.75) is 55.8 Å². The van der Waals surface area contributed by atoms with E-state index in [9.17, 15) is 13.2 Å². The maximum atomic E-state index is 12.9. The van der Waals surface area contributed by atoms with Crippen LogP contribution < -0.4 is 4.72 Å². The molecule has 1 amide bonds. The van der Waals surface area contributed by atoms with E-state index in [1.807, 2.05) is 0 Å². The summed E-state index contributed by atoms with van der Waals surface area (Å²) in [6, 6.07) is 6.38. The Morgan fingerprint density at radius 1 is 1.04 bits per heavy atom. The summed E-state index contributed by atoms with van der Waals surface area (Å²) < 4.78 is 39.3. The van der Waals surface area contributed by atoms with Gasteiger partial charge in [-0.15, -0.1) is 0 Å². The predicted octanol–water partition coefficient (Wildman–Crippen LogP) is 2.13. The Labute approximate surface area is 166 Å². The molecule has 3 aliphatic rings. The molecule has 0 spiro atoms. The molecule has 3 fully saturated rings. The summed E-state index contributed by atoms with van der Waals surface area (Å²) in [5.41, 5.74) is 0.418. The molecule has 28 heavy (non-hydrogen) atoms. The molecule has 0 atom stereocenters. The van der Waals surface area contributed by atoms with E-state index in [2.05, 4.69) is 4.72 Å². The van der Waals surface area contributed by atoms with Crippen molar-refractivity contribution in [1.82, 2.24) is 9.62 Å². The van der Waals surface area contributed by atoms with E-state index < -0.39 is 10.0 Å². The molecule has 1 aromatic carbocycles. The van der Waals surface area contributed by atoms with Gasteiger partial charge in [-0.2, -0.15) is 0 Å². The van der Waals surface area contributed by atoms with Crippen molar-refractivity contribution < 1.29 is 22.7 Å². The van der Waals surface area contributed by atoms with Crippen LogP contribution in [-0.4, -0.2) is 57.9 Å². The Morgan fingerprint density at radius 3 is 2.39 bits per heavy atom. The minimum atomic E-state index is -3.60. The van der Waals surface area contributed by atoms with Gasteiger partial charge in [-0.3, -0.25) is 4.79 Å². The Morgan fingerprint density at radius 2 is 1.71 bits per heavy atom. The second kappa shape index (κ2) is 8.49. The van der Waals surface area contributed by atoms with Crippen molar-refractivity contribution in [3.05, 3.63) is 29.8 Å². The number of carbonyl (C=O) groups excluding carboxylic acids is 1. The van der Waals surface area contributed by atoms with E-state index >= 15 is 0 Å². The molecule has 1 aliphatic carbocycles. The quantitative estimate of drug-likeness (QED) is 0.807. The minimum Gasteiger partial charge on any atom is -0.350 e. The summed E-state index contributed by atoms with van der Waals surface area (Å²) in [7, 11) is -3.60. The fourth-order valence-electron chi connectivity index (χ4n) is 4.33. The molecule has 2 heterocycles. The largest absolute Gasteiger partial charge is 0.350 e. The first-order valence-corrected chi connectivity index (χ1v) is 11.7. The molecule has 2 saturated heterocycles. The lowest BCUT2D eigenvalue weighted by Crippen LogP contribution is -2.41. The Hall–Kier alpha value is -1.48. The van der Waals surface area contributed by atoms with Crippen molar-refractivity contribution in [3.63, 3.8) is 0 Å². The van der Waals surface area contributed by atoms with Crippen LogP contribution in [0.4, 0.5) is 0 Å². The highest BCUT2D eigenvalue weighted by molar-refractivity contribution is 7.89. The number of ether oxygens (including phenoxy) is 2. The number of hydrogen-bond donors (Lipinski definition) is 1. The molecule has 4 rings (SSSR count). The van der Waals surface area contributed by atoms with E-state index in [1.54, 1.807) is 23.1 Å². The van der Waals surface area contributed by atoms with Gasteiger partial charge in [-0.25, -0.2) is 13.1 Å². The Bertz CT molecular complexity index is 793. The van der Waals surface area contributed by atoms with Crippen molar-refractivity contribution in [1.29, 1.82) is 0 Å².